The Kier molecular flexibility index (Phi) is 73.9. The van der Waals surface area contributed by atoms with Crippen molar-refractivity contribution < 1.29 is 42.9 Å². The van der Waals surface area contributed by atoms with Gasteiger partial charge in [0.05, 0.1) is 40.3 Å². The third-order valence-electron chi connectivity index (χ3n) is 18.4. The van der Waals surface area contributed by atoms with Gasteiger partial charge in [-0.3, -0.25) is 9.59 Å². The molecule has 0 aromatic heterocycles. The number of unbranched alkanes of at least 4 members (excludes halogenated alkanes) is 50. The van der Waals surface area contributed by atoms with Crippen LogP contribution < -0.4 is 5.11 Å². The number of esters is 2. The van der Waals surface area contributed by atoms with Gasteiger partial charge in [0.15, 0.2) is 12.4 Å². The maximum atomic E-state index is 13.0. The lowest BCUT2D eigenvalue weighted by Gasteiger charge is -2.26. The SMILES string of the molecule is CC/C=C\C/C=C\C/C=C\C/C=C\C/C=C\CCCCCCCCCCCCCCCCCCCCCCCCCC(=O)OC(COC(=O)CCCCCCCCCCCCCCCCCCCCC/C=C\CCCCCCCCCC)COC(OCC[N+](C)(C)C)C(=O)[O-]. The van der Waals surface area contributed by atoms with Crippen molar-refractivity contribution >= 4 is 17.9 Å². The first-order valence-corrected chi connectivity index (χ1v) is 41.1. The summed E-state index contributed by atoms with van der Waals surface area (Å²) in [5, 5.41) is 11.9. The molecule has 0 amide bonds. The number of rotatable bonds is 77. The van der Waals surface area contributed by atoms with E-state index < -0.39 is 24.3 Å². The number of likely N-dealkylation sites (N-methyl/N-ethyl adjacent to an activating group) is 1. The van der Waals surface area contributed by atoms with Crippen molar-refractivity contribution in [2.45, 2.75) is 411 Å². The summed E-state index contributed by atoms with van der Waals surface area (Å²) in [6, 6.07) is 0. The number of hydrogen-bond donors (Lipinski definition) is 0. The quantitative estimate of drug-likeness (QED) is 0.0195. The first kappa shape index (κ1) is 91.7. The van der Waals surface area contributed by atoms with Gasteiger partial charge in [-0.05, 0) is 83.5 Å². The van der Waals surface area contributed by atoms with Crippen LogP contribution in [-0.2, 0) is 33.3 Å². The molecule has 0 saturated heterocycles. The Balaban J connectivity index is 3.96. The zero-order valence-electron chi connectivity index (χ0n) is 63.6. The van der Waals surface area contributed by atoms with Crippen LogP contribution in [0, 0.1) is 0 Å². The van der Waals surface area contributed by atoms with Crippen LogP contribution in [0.2, 0.25) is 0 Å². The second-order valence-electron chi connectivity index (χ2n) is 29.0. The molecule has 95 heavy (non-hydrogen) atoms. The molecule has 0 bridgehead atoms. The Labute approximate surface area is 589 Å². The molecule has 2 atom stereocenters. The van der Waals surface area contributed by atoms with Crippen LogP contribution in [0.5, 0.6) is 0 Å². The van der Waals surface area contributed by atoms with Gasteiger partial charge in [-0.25, -0.2) is 0 Å². The first-order valence-electron chi connectivity index (χ1n) is 41.1. The van der Waals surface area contributed by atoms with Crippen molar-refractivity contribution in [2.24, 2.45) is 0 Å². The van der Waals surface area contributed by atoms with Gasteiger partial charge >= 0.3 is 11.9 Å². The van der Waals surface area contributed by atoms with Gasteiger partial charge in [-0.2, -0.15) is 0 Å². The Morgan fingerprint density at radius 1 is 0.326 bits per heavy atom. The average molecular weight is 1330 g/mol. The molecule has 9 heteroatoms. The van der Waals surface area contributed by atoms with Crippen molar-refractivity contribution in [3.05, 3.63) is 72.9 Å². The molecule has 0 aliphatic rings. The van der Waals surface area contributed by atoms with Crippen molar-refractivity contribution in [2.75, 3.05) is 47.5 Å². The first-order chi connectivity index (χ1) is 46.6. The smallest absolute Gasteiger partial charge is 0.306 e. The van der Waals surface area contributed by atoms with E-state index in [9.17, 15) is 19.5 Å². The lowest BCUT2D eigenvalue weighted by atomic mass is 10.0. The highest BCUT2D eigenvalue weighted by atomic mass is 16.7. The van der Waals surface area contributed by atoms with Crippen LogP contribution >= 0.6 is 0 Å². The molecule has 0 radical (unpaired) electrons. The topological polar surface area (TPSA) is 111 Å². The molecule has 0 fully saturated rings. The minimum atomic E-state index is -1.62. The average Bonchev–Trinajstić information content (AvgIpc) is 2.92. The van der Waals surface area contributed by atoms with Crippen molar-refractivity contribution in [1.29, 1.82) is 0 Å². The van der Waals surface area contributed by atoms with Gasteiger partial charge in [0, 0.05) is 12.8 Å². The minimum Gasteiger partial charge on any atom is -0.545 e. The molecule has 0 N–H and O–H groups in total. The summed E-state index contributed by atoms with van der Waals surface area (Å²) >= 11 is 0. The summed E-state index contributed by atoms with van der Waals surface area (Å²) in [5.74, 6) is -2.25. The third kappa shape index (κ3) is 77.9. The summed E-state index contributed by atoms with van der Waals surface area (Å²) < 4.78 is 22.9. The van der Waals surface area contributed by atoms with Crippen LogP contribution in [-0.4, -0.2) is 82.3 Å². The normalized spacial score (nSPS) is 13.0. The predicted molar refractivity (Wildman–Crippen MR) is 408 cm³/mol. The number of carbonyl (C=O) groups excluding carboxylic acids is 3. The van der Waals surface area contributed by atoms with Gasteiger partial charge < -0.3 is 33.3 Å². The maximum absolute atomic E-state index is 13.0. The molecule has 0 heterocycles. The highest BCUT2D eigenvalue weighted by Crippen LogP contribution is 2.20. The second kappa shape index (κ2) is 76.5. The van der Waals surface area contributed by atoms with Gasteiger partial charge in [0.2, 0.25) is 0 Å². The lowest BCUT2D eigenvalue weighted by Crippen LogP contribution is -2.44. The lowest BCUT2D eigenvalue weighted by molar-refractivity contribution is -0.870. The van der Waals surface area contributed by atoms with E-state index in [-0.39, 0.29) is 32.2 Å². The Morgan fingerprint density at radius 3 is 0.905 bits per heavy atom. The van der Waals surface area contributed by atoms with Crippen LogP contribution in [0.3, 0.4) is 0 Å². The molecule has 0 aromatic rings. The van der Waals surface area contributed by atoms with Crippen LogP contribution in [0.4, 0.5) is 0 Å². The fraction of sp³-hybridized carbons (Fsp3) is 0.826. The molecule has 0 spiro atoms. The summed E-state index contributed by atoms with van der Waals surface area (Å²) in [4.78, 5) is 37.6. The zero-order valence-corrected chi connectivity index (χ0v) is 63.6. The van der Waals surface area contributed by atoms with Crippen molar-refractivity contribution in [3.8, 4) is 0 Å². The number of aliphatic carboxylic acids is 1. The van der Waals surface area contributed by atoms with Crippen molar-refractivity contribution in [1.82, 2.24) is 0 Å². The zero-order chi connectivity index (χ0) is 69.0. The Bertz CT molecular complexity index is 1790. The molecular weight excluding hydrogens is 1170 g/mol. The van der Waals surface area contributed by atoms with Crippen molar-refractivity contribution in [3.63, 3.8) is 0 Å². The molecule has 0 rings (SSSR count). The maximum Gasteiger partial charge on any atom is 0.306 e. The second-order valence-corrected chi connectivity index (χ2v) is 29.0. The monoisotopic (exact) mass is 1330 g/mol. The van der Waals surface area contributed by atoms with E-state index >= 15 is 0 Å². The van der Waals surface area contributed by atoms with E-state index in [4.69, 9.17) is 18.9 Å². The van der Waals surface area contributed by atoms with E-state index in [0.717, 1.165) is 70.6 Å². The third-order valence-corrected chi connectivity index (χ3v) is 18.4. The van der Waals surface area contributed by atoms with Crippen LogP contribution in [0.25, 0.3) is 0 Å². The fourth-order valence-electron chi connectivity index (χ4n) is 12.2. The Morgan fingerprint density at radius 2 is 0.600 bits per heavy atom. The van der Waals surface area contributed by atoms with Gasteiger partial charge in [-0.15, -0.1) is 0 Å². The predicted octanol–water partition coefficient (Wildman–Crippen LogP) is 25.0. The molecule has 2 unspecified atom stereocenters. The summed E-state index contributed by atoms with van der Waals surface area (Å²) in [5.41, 5.74) is 0. The number of allylic oxidation sites excluding steroid dienone is 12. The molecule has 0 aliphatic heterocycles. The standard InChI is InChI=1S/C86H157NO8/c1-6-8-10-12-14-16-18-20-22-24-26-28-30-32-34-36-38-39-40-41-42-43-44-45-47-49-51-53-55-57-59-61-63-65-67-69-71-73-75-77-84(89)95-82(81-94-86(85(90)91)92-79-78-87(3,4)5)80-93-83(88)76-74-72-70-68-66-64-62-60-58-56-54-52-50-48-46-37-35-33-31-29-27-25-23-21-19-17-15-13-11-9-7-2/h8,10,14,16,20,22,25-28,32,34,82,86H,6-7,9,11-13,15,17-19,21,23-24,29-31,33,35-81H2,1-5H3/b10-8-,16-14-,22-20-,27-25-,28-26-,34-32-. The number of carboxylic acids is 1. The highest BCUT2D eigenvalue weighted by molar-refractivity contribution is 5.70. The molecule has 0 saturated carbocycles. The van der Waals surface area contributed by atoms with Gasteiger partial charge in [-0.1, -0.05) is 376 Å². The fourth-order valence-corrected chi connectivity index (χ4v) is 12.2. The van der Waals surface area contributed by atoms with Crippen LogP contribution in [0.1, 0.15) is 399 Å². The molecule has 554 valence electrons. The molecule has 9 nitrogen and oxygen atoms in total. The summed E-state index contributed by atoms with van der Waals surface area (Å²) in [7, 11) is 5.95. The number of ether oxygens (including phenoxy) is 4. The molecule has 0 aliphatic carbocycles. The van der Waals surface area contributed by atoms with E-state index in [2.05, 4.69) is 86.8 Å². The van der Waals surface area contributed by atoms with E-state index in [1.165, 1.54) is 302 Å². The van der Waals surface area contributed by atoms with E-state index in [0.29, 0.717) is 17.4 Å². The highest BCUT2D eigenvalue weighted by Gasteiger charge is 2.22. The largest absolute Gasteiger partial charge is 0.545 e. The minimum absolute atomic E-state index is 0.150. The summed E-state index contributed by atoms with van der Waals surface area (Å²) in [6.45, 7) is 4.70. The molecule has 0 aromatic carbocycles. The number of nitrogens with zero attached hydrogens (tertiary/aromatic N) is 1. The number of quaternary nitrogens is 1. The molecular formula is C86H157NO8. The number of carboxylic acid groups (broad SMARTS) is 1. The van der Waals surface area contributed by atoms with E-state index in [1.54, 1.807) is 0 Å². The van der Waals surface area contributed by atoms with Gasteiger partial charge in [0.1, 0.15) is 13.2 Å². The van der Waals surface area contributed by atoms with E-state index in [1.807, 2.05) is 21.1 Å². The number of hydrogen-bond acceptors (Lipinski definition) is 8. The summed E-state index contributed by atoms with van der Waals surface area (Å²) in [6.07, 6.45) is 100. The van der Waals surface area contributed by atoms with Gasteiger partial charge in [0.25, 0.3) is 0 Å². The van der Waals surface area contributed by atoms with Crippen LogP contribution in [0.15, 0.2) is 72.9 Å². The Hall–Kier alpha value is -3.27. The number of carbonyl (C=O) groups is 3.